The van der Waals surface area contributed by atoms with Gasteiger partial charge in [0.25, 0.3) is 5.56 Å². The predicted molar refractivity (Wildman–Crippen MR) is 66.4 cm³/mol. The average Bonchev–Trinajstić information content (AvgIpc) is 2.56. The summed E-state index contributed by atoms with van der Waals surface area (Å²) in [5, 5.41) is 0. The Hall–Kier alpha value is -1.14. The second-order valence-electron chi connectivity index (χ2n) is 5.15. The van der Waals surface area contributed by atoms with Crippen LogP contribution in [0.15, 0.2) is 11.0 Å². The molecular weight excluding hydrogens is 275 g/mol. The molecule has 1 aromatic rings. The first-order valence-electron chi connectivity index (χ1n) is 6.09. The molecule has 104 valence electrons. The molecular formula is C12H14ClFN2O3. The number of halogens is 2. The highest BCUT2D eigenvalue weighted by Gasteiger charge is 2.56. The fraction of sp³-hybridized carbons (Fsp3) is 0.667. The Morgan fingerprint density at radius 1 is 1.68 bits per heavy atom. The van der Waals surface area contributed by atoms with E-state index in [4.69, 9.17) is 21.1 Å². The minimum Gasteiger partial charge on any atom is -0.461 e. The van der Waals surface area contributed by atoms with Gasteiger partial charge in [-0.1, -0.05) is 6.92 Å². The highest BCUT2D eigenvalue weighted by molar-refractivity contribution is 6.18. The molecule has 0 spiro atoms. The largest absolute Gasteiger partial charge is 0.461 e. The molecule has 1 saturated heterocycles. The van der Waals surface area contributed by atoms with E-state index in [1.165, 1.54) is 10.8 Å². The second kappa shape index (κ2) is 4.18. The highest BCUT2D eigenvalue weighted by atomic mass is 35.5. The summed E-state index contributed by atoms with van der Waals surface area (Å²) in [4.78, 5) is 15.4. The van der Waals surface area contributed by atoms with E-state index < -0.39 is 18.0 Å². The summed E-state index contributed by atoms with van der Waals surface area (Å²) in [7, 11) is 0. The van der Waals surface area contributed by atoms with Crippen LogP contribution in [0, 0.1) is 12.8 Å². The summed E-state index contributed by atoms with van der Waals surface area (Å²) >= 11 is 5.94. The summed E-state index contributed by atoms with van der Waals surface area (Å²) in [5.74, 6) is -0.258. The Kier molecular flexibility index (Phi) is 2.83. The molecule has 1 fully saturated rings. The van der Waals surface area contributed by atoms with Crippen LogP contribution in [0.2, 0.25) is 0 Å². The average molecular weight is 289 g/mol. The van der Waals surface area contributed by atoms with Crippen molar-refractivity contribution >= 4 is 11.6 Å². The maximum Gasteiger partial charge on any atom is 0.302 e. The van der Waals surface area contributed by atoms with Crippen LogP contribution in [0.4, 0.5) is 4.39 Å². The molecule has 0 aromatic carbocycles. The topological polar surface area (TPSA) is 53.4 Å². The van der Waals surface area contributed by atoms with E-state index in [2.05, 4.69) is 4.98 Å². The van der Waals surface area contributed by atoms with Crippen molar-refractivity contribution in [1.82, 2.24) is 9.55 Å². The van der Waals surface area contributed by atoms with Gasteiger partial charge in [-0.25, -0.2) is 4.39 Å². The lowest BCUT2D eigenvalue weighted by Gasteiger charge is -2.28. The van der Waals surface area contributed by atoms with Crippen molar-refractivity contribution in [2.45, 2.75) is 31.8 Å². The van der Waals surface area contributed by atoms with Crippen molar-refractivity contribution in [2.75, 3.05) is 12.5 Å². The summed E-state index contributed by atoms with van der Waals surface area (Å²) in [5.41, 5.74) is -0.843. The SMILES string of the molecule is Cc1cn2c(nc1=O)OC[C@@]1(CCl)O[C@@H]2[C@@H](F)[C@@H]1C. The van der Waals surface area contributed by atoms with Gasteiger partial charge in [-0.2, -0.15) is 4.98 Å². The molecule has 2 aliphatic rings. The minimum absolute atomic E-state index is 0.0853. The third-order valence-corrected chi connectivity index (χ3v) is 4.42. The van der Waals surface area contributed by atoms with Gasteiger partial charge < -0.3 is 9.47 Å². The van der Waals surface area contributed by atoms with Gasteiger partial charge in [0.15, 0.2) is 12.4 Å². The molecule has 7 heteroatoms. The Labute approximate surface area is 114 Å². The summed E-state index contributed by atoms with van der Waals surface area (Å²) in [6.07, 6.45) is -0.548. The van der Waals surface area contributed by atoms with Crippen molar-refractivity contribution in [3.63, 3.8) is 0 Å². The number of nitrogens with zero attached hydrogens (tertiary/aromatic N) is 2. The number of hydrogen-bond donors (Lipinski definition) is 0. The number of aryl methyl sites for hydroxylation is 1. The molecule has 0 radical (unpaired) electrons. The molecule has 0 N–H and O–H groups in total. The van der Waals surface area contributed by atoms with Crippen molar-refractivity contribution < 1.29 is 13.9 Å². The van der Waals surface area contributed by atoms with E-state index in [1.807, 2.05) is 0 Å². The number of alkyl halides is 2. The molecule has 1 aromatic heterocycles. The molecule has 4 atom stereocenters. The third kappa shape index (κ3) is 1.70. The van der Waals surface area contributed by atoms with Gasteiger partial charge in [0.2, 0.25) is 0 Å². The fourth-order valence-electron chi connectivity index (χ4n) is 2.55. The highest BCUT2D eigenvalue weighted by Crippen LogP contribution is 2.46. The van der Waals surface area contributed by atoms with E-state index in [9.17, 15) is 9.18 Å². The van der Waals surface area contributed by atoms with Crippen LogP contribution in [0.3, 0.4) is 0 Å². The normalized spacial score (nSPS) is 36.5. The minimum atomic E-state index is -1.22. The molecule has 3 heterocycles. The van der Waals surface area contributed by atoms with E-state index in [0.29, 0.717) is 5.56 Å². The van der Waals surface area contributed by atoms with Gasteiger partial charge in [0.05, 0.1) is 5.88 Å². The van der Waals surface area contributed by atoms with E-state index in [0.717, 1.165) is 0 Å². The number of hydrogen-bond acceptors (Lipinski definition) is 4. The smallest absolute Gasteiger partial charge is 0.302 e. The molecule has 0 saturated carbocycles. The lowest BCUT2D eigenvalue weighted by atomic mass is 9.89. The first-order chi connectivity index (χ1) is 8.98. The lowest BCUT2D eigenvalue weighted by molar-refractivity contribution is -0.0762. The van der Waals surface area contributed by atoms with Gasteiger partial charge >= 0.3 is 6.01 Å². The Bertz CT molecular complexity index is 579. The first-order valence-corrected chi connectivity index (χ1v) is 6.62. The lowest BCUT2D eigenvalue weighted by Crippen LogP contribution is -2.44. The van der Waals surface area contributed by atoms with Crippen LogP contribution in [0.5, 0.6) is 6.01 Å². The van der Waals surface area contributed by atoms with Crippen LogP contribution in [0.1, 0.15) is 18.7 Å². The first kappa shape index (κ1) is 12.9. The molecule has 0 unspecified atom stereocenters. The van der Waals surface area contributed by atoms with Crippen LogP contribution in [0.25, 0.3) is 0 Å². The van der Waals surface area contributed by atoms with Crippen LogP contribution < -0.4 is 10.3 Å². The van der Waals surface area contributed by atoms with E-state index in [-0.39, 0.29) is 30.0 Å². The van der Waals surface area contributed by atoms with Crippen molar-refractivity contribution in [3.8, 4) is 6.01 Å². The van der Waals surface area contributed by atoms with Crippen molar-refractivity contribution in [3.05, 3.63) is 22.1 Å². The van der Waals surface area contributed by atoms with E-state index >= 15 is 0 Å². The zero-order valence-corrected chi connectivity index (χ0v) is 11.4. The second-order valence-corrected chi connectivity index (χ2v) is 5.41. The molecule has 2 aliphatic heterocycles. The summed E-state index contributed by atoms with van der Waals surface area (Å²) in [6, 6.07) is 0.0853. The Balaban J connectivity index is 2.14. The molecule has 0 amide bonds. The van der Waals surface area contributed by atoms with Crippen LogP contribution >= 0.6 is 11.6 Å². The number of rotatable bonds is 1. The van der Waals surface area contributed by atoms with Crippen LogP contribution in [-0.2, 0) is 4.74 Å². The zero-order valence-electron chi connectivity index (χ0n) is 10.6. The quantitative estimate of drug-likeness (QED) is 0.734. The summed E-state index contributed by atoms with van der Waals surface area (Å²) < 4.78 is 27.2. The van der Waals surface area contributed by atoms with Gasteiger partial charge in [-0.05, 0) is 6.92 Å². The number of aromatic nitrogens is 2. The fourth-order valence-corrected chi connectivity index (χ4v) is 2.93. The monoisotopic (exact) mass is 288 g/mol. The van der Waals surface area contributed by atoms with Gasteiger partial charge in [-0.3, -0.25) is 9.36 Å². The molecule has 0 aliphatic carbocycles. The van der Waals surface area contributed by atoms with E-state index in [1.54, 1.807) is 13.8 Å². The maximum absolute atomic E-state index is 14.4. The standard InChI is InChI=1S/C12H14ClFN2O3/c1-6-3-16-10-8(14)7(2)12(4-13,19-10)5-18-11(16)15-9(6)17/h3,7-8,10H,4-5H2,1-2H3/t7-,8-,10+,12+/m0/s1. The molecule has 2 bridgehead atoms. The summed E-state index contributed by atoms with van der Waals surface area (Å²) in [6.45, 7) is 3.46. The predicted octanol–water partition coefficient (Wildman–Crippen LogP) is 1.42. The van der Waals surface area contributed by atoms with Gasteiger partial charge in [0, 0.05) is 17.7 Å². The van der Waals surface area contributed by atoms with Crippen molar-refractivity contribution in [1.29, 1.82) is 0 Å². The van der Waals surface area contributed by atoms with Crippen LogP contribution in [-0.4, -0.2) is 33.8 Å². The number of fused-ring (bicyclic) bond motifs is 4. The van der Waals surface area contributed by atoms with Gasteiger partial charge in [0.1, 0.15) is 12.2 Å². The molecule has 3 rings (SSSR count). The third-order valence-electron chi connectivity index (χ3n) is 3.97. The van der Waals surface area contributed by atoms with Crippen molar-refractivity contribution in [2.24, 2.45) is 5.92 Å². The molecule has 19 heavy (non-hydrogen) atoms. The van der Waals surface area contributed by atoms with Gasteiger partial charge in [-0.15, -0.1) is 11.6 Å². The Morgan fingerprint density at radius 3 is 3.11 bits per heavy atom. The molecule has 5 nitrogen and oxygen atoms in total. The number of ether oxygens (including phenoxy) is 2. The Morgan fingerprint density at radius 2 is 2.42 bits per heavy atom. The maximum atomic E-state index is 14.4. The zero-order chi connectivity index (χ0) is 13.8.